The molecular weight excluding hydrogens is 246 g/mol. The highest BCUT2D eigenvalue weighted by Crippen LogP contribution is 2.35. The molecule has 3 rings (SSSR count). The SMILES string of the molecule is Cc1nc2c(cc1C(=O)O)NC(=O)CC1CCCN21. The van der Waals surface area contributed by atoms with Gasteiger partial charge in [-0.15, -0.1) is 0 Å². The molecule has 2 aliphatic heterocycles. The van der Waals surface area contributed by atoms with Gasteiger partial charge in [0.1, 0.15) is 0 Å². The minimum atomic E-state index is -1.02. The van der Waals surface area contributed by atoms with Crippen molar-refractivity contribution in [2.24, 2.45) is 0 Å². The lowest BCUT2D eigenvalue weighted by molar-refractivity contribution is -0.116. The molecule has 6 nitrogen and oxygen atoms in total. The summed E-state index contributed by atoms with van der Waals surface area (Å²) in [5.41, 5.74) is 1.13. The van der Waals surface area contributed by atoms with Crippen LogP contribution in [0.5, 0.6) is 0 Å². The van der Waals surface area contributed by atoms with Crippen LogP contribution in [0.15, 0.2) is 6.07 Å². The van der Waals surface area contributed by atoms with Gasteiger partial charge in [-0.25, -0.2) is 9.78 Å². The second-order valence-corrected chi connectivity index (χ2v) is 5.04. The minimum Gasteiger partial charge on any atom is -0.478 e. The number of anilines is 2. The number of carbonyl (C=O) groups excluding carboxylic acids is 1. The highest BCUT2D eigenvalue weighted by molar-refractivity contribution is 5.99. The molecule has 1 aromatic heterocycles. The molecule has 19 heavy (non-hydrogen) atoms. The lowest BCUT2D eigenvalue weighted by atomic mass is 10.1. The zero-order chi connectivity index (χ0) is 13.6. The molecule has 3 heterocycles. The number of fused-ring (bicyclic) bond motifs is 3. The van der Waals surface area contributed by atoms with E-state index in [9.17, 15) is 9.59 Å². The Balaban J connectivity index is 2.14. The van der Waals surface area contributed by atoms with Gasteiger partial charge >= 0.3 is 5.97 Å². The maximum atomic E-state index is 11.8. The lowest BCUT2D eigenvalue weighted by Crippen LogP contribution is -2.30. The molecular formula is C13H15N3O3. The summed E-state index contributed by atoms with van der Waals surface area (Å²) in [5, 5.41) is 11.9. The monoisotopic (exact) mass is 261 g/mol. The van der Waals surface area contributed by atoms with Crippen LogP contribution in [-0.4, -0.2) is 34.6 Å². The number of hydrogen-bond donors (Lipinski definition) is 2. The topological polar surface area (TPSA) is 82.5 Å². The predicted molar refractivity (Wildman–Crippen MR) is 69.5 cm³/mol. The third-order valence-electron chi connectivity index (χ3n) is 3.77. The summed E-state index contributed by atoms with van der Waals surface area (Å²) in [5.74, 6) is -0.391. The summed E-state index contributed by atoms with van der Waals surface area (Å²) in [7, 11) is 0. The number of pyridine rings is 1. The molecule has 100 valence electrons. The number of aromatic nitrogens is 1. The standard InChI is InChI=1S/C13H15N3O3/c1-7-9(13(18)19)6-10-12(14-7)16-4-2-3-8(16)5-11(17)15-10/h6,8H,2-5H2,1H3,(H,15,17)(H,18,19). The number of aryl methyl sites for hydroxylation is 1. The van der Waals surface area contributed by atoms with Gasteiger partial charge in [0.05, 0.1) is 16.9 Å². The zero-order valence-electron chi connectivity index (χ0n) is 10.6. The van der Waals surface area contributed by atoms with Crippen molar-refractivity contribution in [3.05, 3.63) is 17.3 Å². The fourth-order valence-corrected chi connectivity index (χ4v) is 2.86. The van der Waals surface area contributed by atoms with Gasteiger partial charge in [0.15, 0.2) is 5.82 Å². The average molecular weight is 261 g/mol. The van der Waals surface area contributed by atoms with Gasteiger partial charge in [0, 0.05) is 19.0 Å². The third-order valence-corrected chi connectivity index (χ3v) is 3.77. The molecule has 0 bridgehead atoms. The van der Waals surface area contributed by atoms with Crippen LogP contribution in [0.2, 0.25) is 0 Å². The molecule has 1 amide bonds. The van der Waals surface area contributed by atoms with Crippen LogP contribution in [0, 0.1) is 6.92 Å². The first kappa shape index (κ1) is 12.0. The Morgan fingerprint density at radius 2 is 2.37 bits per heavy atom. The fraction of sp³-hybridized carbons (Fsp3) is 0.462. The summed E-state index contributed by atoms with van der Waals surface area (Å²) in [6, 6.07) is 1.70. The maximum absolute atomic E-state index is 11.8. The van der Waals surface area contributed by atoms with Crippen LogP contribution in [0.1, 0.15) is 35.3 Å². The zero-order valence-corrected chi connectivity index (χ0v) is 10.6. The minimum absolute atomic E-state index is 0.0716. The van der Waals surface area contributed by atoms with Crippen LogP contribution in [-0.2, 0) is 4.79 Å². The Hall–Kier alpha value is -2.11. The van der Waals surface area contributed by atoms with Gasteiger partial charge in [0.25, 0.3) is 0 Å². The first-order valence-corrected chi connectivity index (χ1v) is 6.37. The van der Waals surface area contributed by atoms with E-state index in [1.54, 1.807) is 6.92 Å². The molecule has 0 aromatic carbocycles. The van der Waals surface area contributed by atoms with E-state index in [2.05, 4.69) is 15.2 Å². The molecule has 1 unspecified atom stereocenters. The molecule has 1 atom stereocenters. The van der Waals surface area contributed by atoms with Crippen molar-refractivity contribution in [1.82, 2.24) is 4.98 Å². The number of carbonyl (C=O) groups is 2. The Labute approximate surface area is 110 Å². The van der Waals surface area contributed by atoms with Gasteiger partial charge in [-0.3, -0.25) is 4.79 Å². The smallest absolute Gasteiger partial charge is 0.337 e. The van der Waals surface area contributed by atoms with Crippen molar-refractivity contribution in [1.29, 1.82) is 0 Å². The van der Waals surface area contributed by atoms with E-state index in [4.69, 9.17) is 5.11 Å². The number of hydrogen-bond acceptors (Lipinski definition) is 4. The molecule has 2 aliphatic rings. The van der Waals surface area contributed by atoms with E-state index in [1.165, 1.54) is 6.07 Å². The summed E-state index contributed by atoms with van der Waals surface area (Å²) in [6.07, 6.45) is 2.46. The van der Waals surface area contributed by atoms with E-state index in [0.717, 1.165) is 19.4 Å². The largest absolute Gasteiger partial charge is 0.478 e. The number of rotatable bonds is 1. The van der Waals surface area contributed by atoms with E-state index in [0.29, 0.717) is 23.6 Å². The second kappa shape index (κ2) is 4.22. The highest BCUT2D eigenvalue weighted by atomic mass is 16.4. The Morgan fingerprint density at radius 3 is 3.11 bits per heavy atom. The molecule has 2 N–H and O–H groups in total. The van der Waals surface area contributed by atoms with Crippen molar-refractivity contribution in [3.63, 3.8) is 0 Å². The molecule has 1 saturated heterocycles. The summed E-state index contributed by atoms with van der Waals surface area (Å²) in [4.78, 5) is 29.5. The Morgan fingerprint density at radius 1 is 1.58 bits per heavy atom. The summed E-state index contributed by atoms with van der Waals surface area (Å²) >= 11 is 0. The lowest BCUT2D eigenvalue weighted by Gasteiger charge is -2.24. The van der Waals surface area contributed by atoms with Crippen molar-refractivity contribution in [3.8, 4) is 0 Å². The number of aromatic carboxylic acids is 1. The van der Waals surface area contributed by atoms with Gasteiger partial charge < -0.3 is 15.3 Å². The van der Waals surface area contributed by atoms with Gasteiger partial charge in [-0.05, 0) is 25.8 Å². The van der Waals surface area contributed by atoms with Crippen LogP contribution < -0.4 is 10.2 Å². The van der Waals surface area contributed by atoms with Crippen LogP contribution in [0.25, 0.3) is 0 Å². The van der Waals surface area contributed by atoms with Crippen molar-refractivity contribution in [2.75, 3.05) is 16.8 Å². The van der Waals surface area contributed by atoms with E-state index >= 15 is 0 Å². The normalized spacial score (nSPS) is 21.4. The Kier molecular flexibility index (Phi) is 2.66. The van der Waals surface area contributed by atoms with E-state index in [1.807, 2.05) is 0 Å². The first-order chi connectivity index (χ1) is 9.06. The van der Waals surface area contributed by atoms with Crippen molar-refractivity contribution in [2.45, 2.75) is 32.2 Å². The Bertz CT molecular complexity index is 570. The number of nitrogens with one attached hydrogen (secondary N) is 1. The molecule has 0 aliphatic carbocycles. The first-order valence-electron chi connectivity index (χ1n) is 6.37. The van der Waals surface area contributed by atoms with Crippen molar-refractivity contribution < 1.29 is 14.7 Å². The van der Waals surface area contributed by atoms with Crippen molar-refractivity contribution >= 4 is 23.4 Å². The predicted octanol–water partition coefficient (Wildman–Crippen LogP) is 1.40. The van der Waals surface area contributed by atoms with E-state index < -0.39 is 5.97 Å². The molecule has 6 heteroatoms. The van der Waals surface area contributed by atoms with Crippen LogP contribution in [0.3, 0.4) is 0 Å². The molecule has 0 saturated carbocycles. The third kappa shape index (κ3) is 1.93. The summed E-state index contributed by atoms with van der Waals surface area (Å²) in [6.45, 7) is 2.55. The fourth-order valence-electron chi connectivity index (χ4n) is 2.86. The second-order valence-electron chi connectivity index (χ2n) is 5.04. The number of carboxylic acids is 1. The van der Waals surface area contributed by atoms with Crippen LogP contribution in [0.4, 0.5) is 11.5 Å². The molecule has 1 aromatic rings. The van der Waals surface area contributed by atoms with Gasteiger partial charge in [-0.1, -0.05) is 0 Å². The highest BCUT2D eigenvalue weighted by Gasteiger charge is 2.33. The molecule has 1 fully saturated rings. The summed E-state index contributed by atoms with van der Waals surface area (Å²) < 4.78 is 0. The van der Waals surface area contributed by atoms with Crippen LogP contribution >= 0.6 is 0 Å². The maximum Gasteiger partial charge on any atom is 0.337 e. The van der Waals surface area contributed by atoms with Gasteiger partial charge in [0.2, 0.25) is 5.91 Å². The molecule has 0 radical (unpaired) electrons. The van der Waals surface area contributed by atoms with Gasteiger partial charge in [-0.2, -0.15) is 0 Å². The van der Waals surface area contributed by atoms with E-state index in [-0.39, 0.29) is 17.5 Å². The average Bonchev–Trinajstić information content (AvgIpc) is 2.73. The molecule has 0 spiro atoms. The number of amides is 1. The quantitative estimate of drug-likeness (QED) is 0.798. The number of carboxylic acid groups (broad SMARTS) is 1. The number of nitrogens with zero attached hydrogens (tertiary/aromatic N) is 2.